The number of carboxylic acids is 1. The largest absolute Gasteiger partial charge is 0.493 e. The molecule has 20 heavy (non-hydrogen) atoms. The lowest BCUT2D eigenvalue weighted by Gasteiger charge is -2.06. The van der Waals surface area contributed by atoms with Gasteiger partial charge in [0.2, 0.25) is 0 Å². The topological polar surface area (TPSA) is 92.3 Å². The smallest absolute Gasteiger partial charge is 0.354 e. The molecule has 1 heterocycles. The van der Waals surface area contributed by atoms with Crippen LogP contribution in [-0.4, -0.2) is 27.7 Å². The van der Waals surface area contributed by atoms with E-state index in [0.717, 1.165) is 6.07 Å². The van der Waals surface area contributed by atoms with Gasteiger partial charge in [0.05, 0.1) is 6.61 Å². The third-order valence-corrected chi connectivity index (χ3v) is 2.68. The van der Waals surface area contributed by atoms with E-state index < -0.39 is 11.5 Å². The summed E-state index contributed by atoms with van der Waals surface area (Å²) in [6, 6.07) is 7.76. The number of rotatable bonds is 5. The fraction of sp³-hybridized carbons (Fsp3) is 0.154. The zero-order valence-corrected chi connectivity index (χ0v) is 11.1. The summed E-state index contributed by atoms with van der Waals surface area (Å²) >= 11 is 5.75. The number of aromatic carboxylic acids is 1. The first-order chi connectivity index (χ1) is 9.54. The van der Waals surface area contributed by atoms with Crippen LogP contribution in [0.3, 0.4) is 0 Å². The van der Waals surface area contributed by atoms with Crippen molar-refractivity contribution in [1.29, 1.82) is 0 Å². The van der Waals surface area contributed by atoms with E-state index in [1.54, 1.807) is 24.3 Å². The Balaban J connectivity index is 1.99. The fourth-order valence-electron chi connectivity index (χ4n) is 1.53. The molecule has 0 amide bonds. The number of hydrogen-bond acceptors (Lipinski definition) is 4. The summed E-state index contributed by atoms with van der Waals surface area (Å²) in [6.45, 7) is 0.258. The van der Waals surface area contributed by atoms with Crippen LogP contribution in [0.15, 0.2) is 35.1 Å². The highest BCUT2D eigenvalue weighted by atomic mass is 35.5. The minimum Gasteiger partial charge on any atom is -0.493 e. The Morgan fingerprint density at radius 3 is 2.70 bits per heavy atom. The molecule has 104 valence electrons. The van der Waals surface area contributed by atoms with Gasteiger partial charge < -0.3 is 14.8 Å². The highest BCUT2D eigenvalue weighted by molar-refractivity contribution is 6.30. The van der Waals surface area contributed by atoms with Crippen LogP contribution in [0.25, 0.3) is 0 Å². The van der Waals surface area contributed by atoms with E-state index in [9.17, 15) is 9.59 Å². The molecule has 0 spiro atoms. The first kappa shape index (κ1) is 14.1. The van der Waals surface area contributed by atoms with Crippen molar-refractivity contribution in [2.24, 2.45) is 0 Å². The number of halogens is 1. The number of H-pyrrole nitrogens is 1. The lowest BCUT2D eigenvalue weighted by Crippen LogP contribution is -2.17. The number of ether oxygens (including phenoxy) is 1. The fourth-order valence-corrected chi connectivity index (χ4v) is 1.66. The average molecular weight is 295 g/mol. The molecule has 0 atom stereocenters. The molecule has 0 saturated carbocycles. The number of carbonyl (C=O) groups is 1. The van der Waals surface area contributed by atoms with Crippen LogP contribution in [0.5, 0.6) is 5.75 Å². The first-order valence-corrected chi connectivity index (χ1v) is 6.14. The molecule has 0 unspecified atom stereocenters. The van der Waals surface area contributed by atoms with Gasteiger partial charge in [0.15, 0.2) is 5.69 Å². The number of aromatic nitrogens is 2. The van der Waals surface area contributed by atoms with Gasteiger partial charge in [-0.2, -0.15) is 0 Å². The Morgan fingerprint density at radius 2 is 2.05 bits per heavy atom. The normalized spacial score (nSPS) is 10.2. The quantitative estimate of drug-likeness (QED) is 0.876. The van der Waals surface area contributed by atoms with Crippen molar-refractivity contribution in [3.8, 4) is 5.75 Å². The van der Waals surface area contributed by atoms with Gasteiger partial charge >= 0.3 is 5.97 Å². The maximum atomic E-state index is 11.3. The molecular formula is C13H11ClN2O4. The van der Waals surface area contributed by atoms with Gasteiger partial charge in [-0.05, 0) is 24.3 Å². The number of nitrogens with zero attached hydrogens (tertiary/aromatic N) is 1. The summed E-state index contributed by atoms with van der Waals surface area (Å²) in [4.78, 5) is 28.3. The lowest BCUT2D eigenvalue weighted by atomic mass is 10.3. The van der Waals surface area contributed by atoms with Crippen LogP contribution >= 0.6 is 11.6 Å². The highest BCUT2D eigenvalue weighted by Crippen LogP contribution is 2.15. The van der Waals surface area contributed by atoms with E-state index in [-0.39, 0.29) is 18.1 Å². The van der Waals surface area contributed by atoms with Crippen molar-refractivity contribution in [1.82, 2.24) is 9.97 Å². The Kier molecular flexibility index (Phi) is 4.37. The molecule has 2 aromatic rings. The molecule has 0 aliphatic heterocycles. The van der Waals surface area contributed by atoms with Crippen LogP contribution in [0.1, 0.15) is 16.3 Å². The van der Waals surface area contributed by atoms with E-state index in [1.807, 2.05) is 0 Å². The predicted octanol–water partition coefficient (Wildman–Crippen LogP) is 1.74. The zero-order chi connectivity index (χ0) is 14.5. The molecule has 7 heteroatoms. The highest BCUT2D eigenvalue weighted by Gasteiger charge is 2.08. The maximum Gasteiger partial charge on any atom is 0.354 e. The number of nitrogens with one attached hydrogen (secondary N) is 1. The standard InChI is InChI=1S/C13H11ClN2O4/c14-8-1-3-9(4-2-8)20-6-5-11-15-10(13(18)19)7-12(17)16-11/h1-4,7H,5-6H2,(H,18,19)(H,15,16,17). The van der Waals surface area contributed by atoms with Crippen molar-refractivity contribution < 1.29 is 14.6 Å². The van der Waals surface area contributed by atoms with Crippen molar-refractivity contribution in [2.45, 2.75) is 6.42 Å². The summed E-state index contributed by atoms with van der Waals surface area (Å²) in [5, 5.41) is 9.41. The first-order valence-electron chi connectivity index (χ1n) is 5.76. The van der Waals surface area contributed by atoms with E-state index in [2.05, 4.69) is 9.97 Å². The van der Waals surface area contributed by atoms with Gasteiger partial charge in [-0.25, -0.2) is 9.78 Å². The number of carboxylic acid groups (broad SMARTS) is 1. The SMILES string of the molecule is O=C(O)c1cc(=O)[nH]c(CCOc2ccc(Cl)cc2)n1. The van der Waals surface area contributed by atoms with E-state index in [4.69, 9.17) is 21.4 Å². The molecule has 6 nitrogen and oxygen atoms in total. The Hall–Kier alpha value is -2.34. The van der Waals surface area contributed by atoms with Crippen LogP contribution in [-0.2, 0) is 6.42 Å². The second-order valence-electron chi connectivity index (χ2n) is 3.93. The minimum absolute atomic E-state index is 0.258. The molecular weight excluding hydrogens is 284 g/mol. The molecule has 1 aromatic carbocycles. The van der Waals surface area contributed by atoms with Crippen molar-refractivity contribution >= 4 is 17.6 Å². The summed E-state index contributed by atoms with van der Waals surface area (Å²) in [5.41, 5.74) is -0.783. The van der Waals surface area contributed by atoms with E-state index in [0.29, 0.717) is 17.2 Å². The lowest BCUT2D eigenvalue weighted by molar-refractivity contribution is 0.0689. The van der Waals surface area contributed by atoms with Crippen LogP contribution in [0.2, 0.25) is 5.02 Å². The Bertz CT molecular complexity index is 667. The molecule has 0 radical (unpaired) electrons. The van der Waals surface area contributed by atoms with Gasteiger partial charge in [0.25, 0.3) is 5.56 Å². The molecule has 0 aliphatic carbocycles. The van der Waals surface area contributed by atoms with Gasteiger partial charge in [-0.1, -0.05) is 11.6 Å². The number of aromatic amines is 1. The van der Waals surface area contributed by atoms with Gasteiger partial charge in [0, 0.05) is 17.5 Å². The second kappa shape index (κ2) is 6.21. The van der Waals surface area contributed by atoms with Crippen molar-refractivity contribution in [2.75, 3.05) is 6.61 Å². The van der Waals surface area contributed by atoms with Crippen molar-refractivity contribution in [3.63, 3.8) is 0 Å². The summed E-state index contributed by atoms with van der Waals surface area (Å²) in [6.07, 6.45) is 0.291. The Morgan fingerprint density at radius 1 is 1.35 bits per heavy atom. The molecule has 2 rings (SSSR count). The summed E-state index contributed by atoms with van der Waals surface area (Å²) < 4.78 is 5.44. The monoisotopic (exact) mass is 294 g/mol. The van der Waals surface area contributed by atoms with Crippen LogP contribution in [0, 0.1) is 0 Å². The Labute approximate surface area is 119 Å². The predicted molar refractivity (Wildman–Crippen MR) is 72.5 cm³/mol. The molecule has 0 fully saturated rings. The zero-order valence-electron chi connectivity index (χ0n) is 10.3. The van der Waals surface area contributed by atoms with Gasteiger partial charge in [-0.3, -0.25) is 4.79 Å². The van der Waals surface area contributed by atoms with Crippen molar-refractivity contribution in [3.05, 3.63) is 57.2 Å². The third kappa shape index (κ3) is 3.83. The average Bonchev–Trinajstić information content (AvgIpc) is 2.40. The van der Waals surface area contributed by atoms with E-state index in [1.165, 1.54) is 0 Å². The third-order valence-electron chi connectivity index (χ3n) is 2.43. The molecule has 2 N–H and O–H groups in total. The maximum absolute atomic E-state index is 11.3. The summed E-state index contributed by atoms with van der Waals surface area (Å²) in [5.74, 6) is -0.342. The van der Waals surface area contributed by atoms with E-state index >= 15 is 0 Å². The number of hydrogen-bond donors (Lipinski definition) is 2. The second-order valence-corrected chi connectivity index (χ2v) is 4.37. The molecule has 0 bridgehead atoms. The molecule has 0 aliphatic rings. The summed E-state index contributed by atoms with van der Waals surface area (Å²) in [7, 11) is 0. The molecule has 0 saturated heterocycles. The number of benzene rings is 1. The van der Waals surface area contributed by atoms with Crippen LogP contribution in [0.4, 0.5) is 0 Å². The van der Waals surface area contributed by atoms with Gasteiger partial charge in [0.1, 0.15) is 11.6 Å². The molecule has 1 aromatic heterocycles. The minimum atomic E-state index is -1.24. The van der Waals surface area contributed by atoms with Gasteiger partial charge in [-0.15, -0.1) is 0 Å². The van der Waals surface area contributed by atoms with Crippen LogP contribution < -0.4 is 10.3 Å².